The monoisotopic (exact) mass is 456 g/mol. The van der Waals surface area contributed by atoms with Crippen molar-refractivity contribution in [1.29, 1.82) is 0 Å². The highest BCUT2D eigenvalue weighted by Gasteiger charge is 2.25. The van der Waals surface area contributed by atoms with E-state index < -0.39 is 44.5 Å². The smallest absolute Gasteiger partial charge is 0.254 e. The average molecular weight is 457 g/mol. The minimum atomic E-state index is -3.37. The van der Waals surface area contributed by atoms with Crippen molar-refractivity contribution in [2.45, 2.75) is 32.4 Å². The van der Waals surface area contributed by atoms with Crippen LogP contribution < -0.4 is 10.6 Å². The van der Waals surface area contributed by atoms with Crippen LogP contribution in [0.5, 0.6) is 0 Å². The molecule has 30 heavy (non-hydrogen) atoms. The number of halogens is 3. The zero-order valence-electron chi connectivity index (χ0n) is 17.0. The molecule has 2 N–H and O–H groups in total. The van der Waals surface area contributed by atoms with Crippen molar-refractivity contribution in [3.63, 3.8) is 0 Å². The van der Waals surface area contributed by atoms with Gasteiger partial charge in [-0.15, -0.1) is 0 Å². The molecule has 9 heteroatoms. The molecule has 0 saturated carbocycles. The molecule has 2 rings (SSSR count). The van der Waals surface area contributed by atoms with Crippen LogP contribution in [0.15, 0.2) is 47.9 Å². The topological polar surface area (TPSA) is 75.3 Å². The highest BCUT2D eigenvalue weighted by Crippen LogP contribution is 2.32. The zero-order valence-corrected chi connectivity index (χ0v) is 18.5. The molecule has 0 radical (unpaired) electrons. The molecule has 1 atom stereocenters. The third-order valence-electron chi connectivity index (χ3n) is 4.27. The molecular formula is C21H23ClF2N2O3S. The van der Waals surface area contributed by atoms with Gasteiger partial charge in [0.05, 0.1) is 16.8 Å². The summed E-state index contributed by atoms with van der Waals surface area (Å²) in [5.41, 5.74) is -0.743. The molecule has 0 heterocycles. The van der Waals surface area contributed by atoms with Crippen molar-refractivity contribution in [3.8, 4) is 0 Å². The predicted octanol–water partition coefficient (Wildman–Crippen LogP) is 4.64. The van der Waals surface area contributed by atoms with Gasteiger partial charge in [0.2, 0.25) is 0 Å². The van der Waals surface area contributed by atoms with Crippen LogP contribution in [0.2, 0.25) is 5.02 Å². The molecular weight excluding hydrogens is 434 g/mol. The van der Waals surface area contributed by atoms with Gasteiger partial charge in [-0.1, -0.05) is 35.9 Å². The lowest BCUT2D eigenvalue weighted by Gasteiger charge is -2.29. The summed E-state index contributed by atoms with van der Waals surface area (Å²) in [6, 6.07) is 8.02. The molecule has 5 nitrogen and oxygen atoms in total. The Bertz CT molecular complexity index is 1090. The van der Waals surface area contributed by atoms with Gasteiger partial charge < -0.3 is 10.6 Å². The number of rotatable bonds is 7. The molecule has 0 aliphatic heterocycles. The van der Waals surface area contributed by atoms with E-state index in [2.05, 4.69) is 10.6 Å². The maximum atomic E-state index is 14.6. The predicted molar refractivity (Wildman–Crippen MR) is 115 cm³/mol. The van der Waals surface area contributed by atoms with Crippen LogP contribution in [0.25, 0.3) is 0 Å². The second kappa shape index (κ2) is 9.14. The largest absolute Gasteiger partial charge is 0.374 e. The molecule has 0 aromatic heterocycles. The fourth-order valence-electron chi connectivity index (χ4n) is 2.78. The third kappa shape index (κ3) is 6.27. The molecule has 0 saturated heterocycles. The van der Waals surface area contributed by atoms with Crippen LogP contribution in [0.1, 0.15) is 36.7 Å². The van der Waals surface area contributed by atoms with Crippen LogP contribution in [-0.2, 0) is 15.4 Å². The number of anilines is 1. The Balaban J connectivity index is 2.24. The first-order valence-corrected chi connectivity index (χ1v) is 11.3. The molecule has 1 amide bonds. The van der Waals surface area contributed by atoms with Gasteiger partial charge in [0.1, 0.15) is 11.6 Å². The number of carbonyl (C=O) groups excluding carboxylic acids is 1. The SMILES string of the molecule is C[C@H](/C=C/S(C)(=O)=O)NC(=O)c1cc(F)c(NC(C)(C)c2ccccc2Cl)cc1F. The Labute approximate surface area is 180 Å². The molecule has 0 aliphatic carbocycles. The first-order chi connectivity index (χ1) is 13.8. The number of hydrogen-bond acceptors (Lipinski definition) is 4. The molecule has 162 valence electrons. The van der Waals surface area contributed by atoms with Gasteiger partial charge in [-0.2, -0.15) is 0 Å². The second-order valence-corrected chi connectivity index (χ2v) is 9.80. The van der Waals surface area contributed by atoms with Gasteiger partial charge in [0.25, 0.3) is 5.91 Å². The first kappa shape index (κ1) is 23.8. The van der Waals surface area contributed by atoms with Gasteiger partial charge in [-0.05, 0) is 38.5 Å². The van der Waals surface area contributed by atoms with Crippen LogP contribution in [0, 0.1) is 11.6 Å². The maximum absolute atomic E-state index is 14.6. The maximum Gasteiger partial charge on any atom is 0.254 e. The Morgan fingerprint density at radius 1 is 1.17 bits per heavy atom. The second-order valence-electron chi connectivity index (χ2n) is 7.46. The summed E-state index contributed by atoms with van der Waals surface area (Å²) >= 11 is 6.21. The summed E-state index contributed by atoms with van der Waals surface area (Å²) in [5.74, 6) is -2.61. The minimum absolute atomic E-state index is 0.126. The normalized spacial score (nSPS) is 13.3. The minimum Gasteiger partial charge on any atom is -0.374 e. The number of sulfone groups is 1. The van der Waals surface area contributed by atoms with Crippen molar-refractivity contribution >= 4 is 33.0 Å². The van der Waals surface area contributed by atoms with E-state index >= 15 is 0 Å². The summed E-state index contributed by atoms with van der Waals surface area (Å²) in [6.45, 7) is 5.04. The summed E-state index contributed by atoms with van der Waals surface area (Å²) < 4.78 is 51.5. The van der Waals surface area contributed by atoms with E-state index in [0.29, 0.717) is 10.6 Å². The molecule has 0 spiro atoms. The number of hydrogen-bond donors (Lipinski definition) is 2. The summed E-state index contributed by atoms with van der Waals surface area (Å²) in [6.07, 6.45) is 2.24. The fraction of sp³-hybridized carbons (Fsp3) is 0.286. The van der Waals surface area contributed by atoms with Crippen molar-refractivity contribution < 1.29 is 22.0 Å². The number of amides is 1. The highest BCUT2D eigenvalue weighted by molar-refractivity contribution is 7.93. The van der Waals surface area contributed by atoms with Crippen LogP contribution in [0.4, 0.5) is 14.5 Å². The van der Waals surface area contributed by atoms with Gasteiger partial charge >= 0.3 is 0 Å². The quantitative estimate of drug-likeness (QED) is 0.636. The van der Waals surface area contributed by atoms with Crippen LogP contribution in [-0.4, -0.2) is 26.6 Å². The van der Waals surface area contributed by atoms with E-state index in [-0.39, 0.29) is 5.69 Å². The van der Waals surface area contributed by atoms with Gasteiger partial charge in [0.15, 0.2) is 9.84 Å². The number of nitrogens with one attached hydrogen (secondary N) is 2. The molecule has 0 bridgehead atoms. The van der Waals surface area contributed by atoms with Gasteiger partial charge in [-0.25, -0.2) is 17.2 Å². The van der Waals surface area contributed by atoms with E-state index in [1.54, 1.807) is 38.1 Å². The number of carbonyl (C=O) groups is 1. The lowest BCUT2D eigenvalue weighted by atomic mass is 9.93. The lowest BCUT2D eigenvalue weighted by Crippen LogP contribution is -2.32. The first-order valence-electron chi connectivity index (χ1n) is 9.01. The van der Waals surface area contributed by atoms with Gasteiger partial charge in [-0.3, -0.25) is 4.79 Å². The van der Waals surface area contributed by atoms with E-state index in [0.717, 1.165) is 23.8 Å². The fourth-order valence-corrected chi connectivity index (χ4v) is 3.68. The van der Waals surface area contributed by atoms with Crippen molar-refractivity contribution in [2.75, 3.05) is 11.6 Å². The van der Waals surface area contributed by atoms with Gasteiger partial charge in [0, 0.05) is 28.8 Å². The summed E-state index contributed by atoms with van der Waals surface area (Å²) in [7, 11) is -3.37. The van der Waals surface area contributed by atoms with Crippen molar-refractivity contribution in [3.05, 3.63) is 75.7 Å². The Hall–Kier alpha value is -2.45. The summed E-state index contributed by atoms with van der Waals surface area (Å²) in [5, 5.41) is 6.73. The zero-order chi connectivity index (χ0) is 22.7. The summed E-state index contributed by atoms with van der Waals surface area (Å²) in [4.78, 5) is 12.3. The average Bonchev–Trinajstić information content (AvgIpc) is 2.62. The molecule has 2 aromatic carbocycles. The molecule has 2 aromatic rings. The van der Waals surface area contributed by atoms with Crippen molar-refractivity contribution in [1.82, 2.24) is 5.32 Å². The Morgan fingerprint density at radius 2 is 1.80 bits per heavy atom. The molecule has 0 fully saturated rings. The number of benzene rings is 2. The Kier molecular flexibility index (Phi) is 7.26. The molecule has 0 unspecified atom stereocenters. The highest BCUT2D eigenvalue weighted by atomic mass is 35.5. The molecule has 0 aliphatic rings. The van der Waals surface area contributed by atoms with Crippen LogP contribution >= 0.6 is 11.6 Å². The Morgan fingerprint density at radius 3 is 2.40 bits per heavy atom. The van der Waals surface area contributed by atoms with Crippen LogP contribution in [0.3, 0.4) is 0 Å². The van der Waals surface area contributed by atoms with Crippen molar-refractivity contribution in [2.24, 2.45) is 0 Å². The third-order valence-corrected chi connectivity index (χ3v) is 5.25. The van der Waals surface area contributed by atoms with E-state index in [1.165, 1.54) is 13.0 Å². The van der Waals surface area contributed by atoms with E-state index in [1.807, 2.05) is 0 Å². The van der Waals surface area contributed by atoms with E-state index in [9.17, 15) is 22.0 Å². The van der Waals surface area contributed by atoms with E-state index in [4.69, 9.17) is 11.6 Å². The standard InChI is InChI=1S/C21H23ClF2N2O3S/c1-13(9-10-30(4,28)29)25-20(27)14-11-18(24)19(12-17(14)23)26-21(2,3)15-7-5-6-8-16(15)22/h5-13,26H,1-4H3,(H,25,27)/b10-9+/t13-/m1/s1. The lowest BCUT2D eigenvalue weighted by molar-refractivity contribution is 0.0942.